The summed E-state index contributed by atoms with van der Waals surface area (Å²) in [5.74, 6) is 0. The molecule has 0 aromatic rings. The maximum absolute atomic E-state index is 5.60. The zero-order valence-corrected chi connectivity index (χ0v) is 11.7. The molecule has 0 bridgehead atoms. The van der Waals surface area contributed by atoms with Crippen molar-refractivity contribution in [2.75, 3.05) is 20.8 Å². The lowest BCUT2D eigenvalue weighted by Crippen LogP contribution is -2.42. The summed E-state index contributed by atoms with van der Waals surface area (Å²) in [6, 6.07) is 0. The smallest absolute Gasteiger partial charge is 0.337 e. The van der Waals surface area contributed by atoms with Gasteiger partial charge in [-0.15, -0.1) is 0 Å². The minimum atomic E-state index is -1.97. The predicted octanol–water partition coefficient (Wildman–Crippen LogP) is 3.00. The zero-order chi connectivity index (χ0) is 11.7. The van der Waals surface area contributed by atoms with E-state index in [-0.39, 0.29) is 0 Å². The van der Waals surface area contributed by atoms with E-state index in [0.29, 0.717) is 5.54 Å². The van der Waals surface area contributed by atoms with Crippen molar-refractivity contribution in [1.82, 2.24) is 0 Å². The molecule has 3 nitrogen and oxygen atoms in total. The molecule has 0 aromatic carbocycles. The summed E-state index contributed by atoms with van der Waals surface area (Å²) in [5, 5.41) is 0. The predicted molar refractivity (Wildman–Crippen MR) is 67.9 cm³/mol. The van der Waals surface area contributed by atoms with Gasteiger partial charge in [0.15, 0.2) is 0 Å². The van der Waals surface area contributed by atoms with Crippen molar-refractivity contribution in [3.8, 4) is 0 Å². The van der Waals surface area contributed by atoms with Crippen LogP contribution in [0.3, 0.4) is 0 Å². The quantitative estimate of drug-likeness (QED) is 0.475. The SMILES string of the molecule is CC=NCCC(CCC)[Si](C)(OC)OC. The van der Waals surface area contributed by atoms with Gasteiger partial charge in [0.1, 0.15) is 0 Å². The Morgan fingerprint density at radius 3 is 2.27 bits per heavy atom. The van der Waals surface area contributed by atoms with Gasteiger partial charge in [0, 0.05) is 26.3 Å². The Kier molecular flexibility index (Phi) is 7.91. The van der Waals surface area contributed by atoms with Gasteiger partial charge >= 0.3 is 8.56 Å². The minimum Gasteiger partial charge on any atom is -0.398 e. The number of rotatable bonds is 8. The summed E-state index contributed by atoms with van der Waals surface area (Å²) >= 11 is 0. The molecular weight excluding hydrogens is 206 g/mol. The molecule has 4 heteroatoms. The van der Waals surface area contributed by atoms with Gasteiger partial charge in [0.25, 0.3) is 0 Å². The number of hydrogen-bond acceptors (Lipinski definition) is 3. The first-order valence-corrected chi connectivity index (χ1v) is 8.08. The Bertz CT molecular complexity index is 181. The van der Waals surface area contributed by atoms with Crippen molar-refractivity contribution >= 4 is 14.8 Å². The molecule has 15 heavy (non-hydrogen) atoms. The molecule has 1 atom stereocenters. The first-order chi connectivity index (χ1) is 7.14. The molecule has 0 aliphatic heterocycles. The van der Waals surface area contributed by atoms with Gasteiger partial charge in [0.2, 0.25) is 0 Å². The molecule has 0 heterocycles. The fourth-order valence-electron chi connectivity index (χ4n) is 1.79. The van der Waals surface area contributed by atoms with Crippen LogP contribution in [0.1, 0.15) is 33.1 Å². The van der Waals surface area contributed by atoms with E-state index in [0.717, 1.165) is 13.0 Å². The third-order valence-electron chi connectivity index (χ3n) is 2.98. The zero-order valence-electron chi connectivity index (χ0n) is 10.7. The minimum absolute atomic E-state index is 0.543. The van der Waals surface area contributed by atoms with Crippen LogP contribution in [0.25, 0.3) is 0 Å². The molecule has 0 radical (unpaired) electrons. The monoisotopic (exact) mass is 231 g/mol. The van der Waals surface area contributed by atoms with Crippen LogP contribution in [0.15, 0.2) is 4.99 Å². The highest BCUT2D eigenvalue weighted by molar-refractivity contribution is 6.67. The standard InChI is InChI=1S/C11H25NO2Si/c1-6-8-11(9-10-12-7-2)15(5,13-3)14-4/h7,11H,6,8-10H2,1-5H3. The molecule has 0 spiro atoms. The van der Waals surface area contributed by atoms with Crippen molar-refractivity contribution < 1.29 is 8.85 Å². The normalized spacial score (nSPS) is 14.7. The highest BCUT2D eigenvalue weighted by atomic mass is 28.4. The van der Waals surface area contributed by atoms with E-state index in [1.54, 1.807) is 14.2 Å². The fraction of sp³-hybridized carbons (Fsp3) is 0.909. The third-order valence-corrected chi connectivity index (χ3v) is 6.66. The molecule has 0 N–H and O–H groups in total. The second-order valence-corrected chi connectivity index (χ2v) is 7.53. The van der Waals surface area contributed by atoms with Crippen LogP contribution in [0.2, 0.25) is 12.1 Å². The van der Waals surface area contributed by atoms with Crippen molar-refractivity contribution in [2.45, 2.75) is 45.2 Å². The lowest BCUT2D eigenvalue weighted by Gasteiger charge is -2.31. The van der Waals surface area contributed by atoms with Crippen molar-refractivity contribution in [1.29, 1.82) is 0 Å². The second-order valence-electron chi connectivity index (χ2n) is 3.86. The van der Waals surface area contributed by atoms with Crippen LogP contribution in [-0.2, 0) is 8.85 Å². The van der Waals surface area contributed by atoms with E-state index in [9.17, 15) is 0 Å². The van der Waals surface area contributed by atoms with Gasteiger partial charge in [0.05, 0.1) is 0 Å². The highest BCUT2D eigenvalue weighted by Gasteiger charge is 2.38. The van der Waals surface area contributed by atoms with Gasteiger partial charge < -0.3 is 8.85 Å². The molecular formula is C11H25NO2Si. The van der Waals surface area contributed by atoms with Gasteiger partial charge in [-0.3, -0.25) is 4.99 Å². The Balaban J connectivity index is 4.34. The molecule has 1 unspecified atom stereocenters. The van der Waals surface area contributed by atoms with Crippen LogP contribution in [0.5, 0.6) is 0 Å². The van der Waals surface area contributed by atoms with E-state index >= 15 is 0 Å². The largest absolute Gasteiger partial charge is 0.398 e. The number of aliphatic imine (C=N–C) groups is 1. The van der Waals surface area contributed by atoms with E-state index < -0.39 is 8.56 Å². The van der Waals surface area contributed by atoms with Gasteiger partial charge in [-0.1, -0.05) is 13.3 Å². The fourth-order valence-corrected chi connectivity index (χ4v) is 4.09. The third kappa shape index (κ3) is 4.91. The van der Waals surface area contributed by atoms with Crippen LogP contribution < -0.4 is 0 Å². The molecule has 90 valence electrons. The average Bonchev–Trinajstić information content (AvgIpc) is 2.27. The first kappa shape index (κ1) is 14.8. The van der Waals surface area contributed by atoms with Crippen molar-refractivity contribution in [3.05, 3.63) is 0 Å². The Morgan fingerprint density at radius 1 is 1.27 bits per heavy atom. The summed E-state index contributed by atoms with van der Waals surface area (Å²) in [5.41, 5.74) is 0.543. The summed E-state index contributed by atoms with van der Waals surface area (Å²) in [6.07, 6.45) is 5.28. The molecule has 0 aliphatic carbocycles. The Hall–Kier alpha value is -0.193. The van der Waals surface area contributed by atoms with Gasteiger partial charge in [-0.2, -0.15) is 0 Å². The van der Waals surface area contributed by atoms with Gasteiger partial charge in [-0.25, -0.2) is 0 Å². The molecule has 0 rings (SSSR count). The molecule has 0 aliphatic rings. The molecule has 0 saturated heterocycles. The van der Waals surface area contributed by atoms with Crippen LogP contribution in [-0.4, -0.2) is 35.5 Å². The Morgan fingerprint density at radius 2 is 1.87 bits per heavy atom. The van der Waals surface area contributed by atoms with Crippen molar-refractivity contribution in [2.24, 2.45) is 4.99 Å². The van der Waals surface area contributed by atoms with Crippen LogP contribution in [0, 0.1) is 0 Å². The van der Waals surface area contributed by atoms with E-state index in [1.165, 1.54) is 12.8 Å². The molecule has 0 fully saturated rings. The molecule has 0 amide bonds. The average molecular weight is 231 g/mol. The molecule has 0 saturated carbocycles. The maximum Gasteiger partial charge on any atom is 0.337 e. The summed E-state index contributed by atoms with van der Waals surface area (Å²) in [7, 11) is 1.56. The summed E-state index contributed by atoms with van der Waals surface area (Å²) in [4.78, 5) is 4.26. The lowest BCUT2D eigenvalue weighted by atomic mass is 10.2. The topological polar surface area (TPSA) is 30.8 Å². The van der Waals surface area contributed by atoms with Crippen LogP contribution in [0.4, 0.5) is 0 Å². The highest BCUT2D eigenvalue weighted by Crippen LogP contribution is 2.31. The maximum atomic E-state index is 5.60. The Labute approximate surface area is 95.1 Å². The number of nitrogens with zero attached hydrogens (tertiary/aromatic N) is 1. The first-order valence-electron chi connectivity index (χ1n) is 5.69. The lowest BCUT2D eigenvalue weighted by molar-refractivity contribution is 0.231. The van der Waals surface area contributed by atoms with Gasteiger partial charge in [-0.05, 0) is 32.5 Å². The summed E-state index contributed by atoms with van der Waals surface area (Å²) in [6.45, 7) is 7.19. The molecule has 0 aromatic heterocycles. The van der Waals surface area contributed by atoms with Crippen LogP contribution >= 0.6 is 0 Å². The van der Waals surface area contributed by atoms with E-state index in [1.807, 2.05) is 13.1 Å². The summed E-state index contributed by atoms with van der Waals surface area (Å²) < 4.78 is 11.2. The number of hydrogen-bond donors (Lipinski definition) is 0. The second kappa shape index (κ2) is 8.02. The van der Waals surface area contributed by atoms with E-state index in [4.69, 9.17) is 8.85 Å². The van der Waals surface area contributed by atoms with Crippen molar-refractivity contribution in [3.63, 3.8) is 0 Å². The van der Waals surface area contributed by atoms with E-state index in [2.05, 4.69) is 18.5 Å².